The van der Waals surface area contributed by atoms with Crippen LogP contribution in [0.2, 0.25) is 5.02 Å². The fourth-order valence-corrected chi connectivity index (χ4v) is 1.91. The summed E-state index contributed by atoms with van der Waals surface area (Å²) in [7, 11) is 0. The lowest BCUT2D eigenvalue weighted by Crippen LogP contribution is -2.04. The van der Waals surface area contributed by atoms with Crippen molar-refractivity contribution >= 4 is 23.0 Å². The van der Waals surface area contributed by atoms with E-state index >= 15 is 0 Å². The van der Waals surface area contributed by atoms with E-state index < -0.39 is 22.4 Å². The molecule has 0 aliphatic carbocycles. The fourth-order valence-electron chi connectivity index (χ4n) is 1.67. The topological polar surface area (TPSA) is 55.2 Å². The van der Waals surface area contributed by atoms with Gasteiger partial charge in [0.25, 0.3) is 5.69 Å². The Morgan fingerprint density at radius 3 is 2.52 bits per heavy atom. The van der Waals surface area contributed by atoms with Gasteiger partial charge in [-0.1, -0.05) is 11.6 Å². The summed E-state index contributed by atoms with van der Waals surface area (Å²) in [6.07, 6.45) is 0. The van der Waals surface area contributed by atoms with E-state index in [0.717, 1.165) is 12.1 Å². The molecule has 0 aromatic heterocycles. The van der Waals surface area contributed by atoms with E-state index in [2.05, 4.69) is 5.32 Å². The number of nitro groups is 1. The Labute approximate surface area is 122 Å². The largest absolute Gasteiger partial charge is 0.378 e. The normalized spacial score (nSPS) is 10.5. The molecule has 0 saturated heterocycles. The average Bonchev–Trinajstić information content (AvgIpc) is 2.42. The highest BCUT2D eigenvalue weighted by Gasteiger charge is 2.13. The predicted octanol–water partition coefficient (Wildman–Crippen LogP) is 4.28. The molecule has 8 heteroatoms. The Morgan fingerprint density at radius 1 is 1.19 bits per heavy atom. The molecule has 0 heterocycles. The molecule has 0 bridgehead atoms. The van der Waals surface area contributed by atoms with E-state index in [9.17, 15) is 23.3 Å². The van der Waals surface area contributed by atoms with Crippen molar-refractivity contribution < 1.29 is 18.1 Å². The molecule has 2 aromatic rings. The lowest BCUT2D eigenvalue weighted by Gasteiger charge is -2.09. The minimum Gasteiger partial charge on any atom is -0.378 e. The summed E-state index contributed by atoms with van der Waals surface area (Å²) in [6.45, 7) is -0.0450. The van der Waals surface area contributed by atoms with E-state index in [-0.39, 0.29) is 22.9 Å². The lowest BCUT2D eigenvalue weighted by molar-refractivity contribution is -0.384. The molecule has 21 heavy (non-hydrogen) atoms. The predicted molar refractivity (Wildman–Crippen MR) is 71.7 cm³/mol. The summed E-state index contributed by atoms with van der Waals surface area (Å²) in [4.78, 5) is 9.96. The van der Waals surface area contributed by atoms with Crippen molar-refractivity contribution in [2.45, 2.75) is 6.54 Å². The highest BCUT2D eigenvalue weighted by molar-refractivity contribution is 6.31. The van der Waals surface area contributed by atoms with Gasteiger partial charge in [0.05, 0.1) is 15.6 Å². The first-order valence-electron chi connectivity index (χ1n) is 5.69. The van der Waals surface area contributed by atoms with Crippen LogP contribution in [0.5, 0.6) is 0 Å². The van der Waals surface area contributed by atoms with Gasteiger partial charge in [-0.15, -0.1) is 0 Å². The zero-order chi connectivity index (χ0) is 15.6. The minimum absolute atomic E-state index is 0.0450. The van der Waals surface area contributed by atoms with Crippen LogP contribution in [0.1, 0.15) is 5.56 Å². The molecule has 4 nitrogen and oxygen atoms in total. The van der Waals surface area contributed by atoms with E-state index in [0.29, 0.717) is 11.6 Å². The Bertz CT molecular complexity index is 710. The van der Waals surface area contributed by atoms with Gasteiger partial charge < -0.3 is 5.32 Å². The van der Waals surface area contributed by atoms with Crippen LogP contribution < -0.4 is 5.32 Å². The van der Waals surface area contributed by atoms with E-state index in [1.807, 2.05) is 0 Å². The molecule has 0 aliphatic heterocycles. The molecule has 2 aromatic carbocycles. The number of nitrogens with one attached hydrogen (secondary N) is 1. The van der Waals surface area contributed by atoms with Crippen molar-refractivity contribution in [3.8, 4) is 0 Å². The Balaban J connectivity index is 2.19. The zero-order valence-electron chi connectivity index (χ0n) is 10.4. The number of rotatable bonds is 4. The van der Waals surface area contributed by atoms with Crippen LogP contribution in [0.25, 0.3) is 0 Å². The molecule has 0 saturated carbocycles. The van der Waals surface area contributed by atoms with Crippen LogP contribution in [0.4, 0.5) is 24.5 Å². The maximum atomic E-state index is 13.4. The van der Waals surface area contributed by atoms with Crippen molar-refractivity contribution in [1.29, 1.82) is 0 Å². The van der Waals surface area contributed by atoms with Crippen LogP contribution in [0, 0.1) is 27.6 Å². The second kappa shape index (κ2) is 6.01. The van der Waals surface area contributed by atoms with Crippen molar-refractivity contribution in [2.75, 3.05) is 5.32 Å². The number of non-ortho nitro benzene ring substituents is 1. The first-order valence-corrected chi connectivity index (χ1v) is 6.07. The molecule has 1 N–H and O–H groups in total. The quantitative estimate of drug-likeness (QED) is 0.520. The third-order valence-corrected chi connectivity index (χ3v) is 3.06. The summed E-state index contributed by atoms with van der Waals surface area (Å²) in [6, 6.07) is 4.98. The number of halogens is 4. The molecule has 0 spiro atoms. The molecule has 0 radical (unpaired) electrons. The maximum Gasteiger partial charge on any atom is 0.270 e. The number of hydrogen-bond acceptors (Lipinski definition) is 3. The molecule has 2 rings (SSSR count). The van der Waals surface area contributed by atoms with Gasteiger partial charge in [0.1, 0.15) is 5.82 Å². The van der Waals surface area contributed by atoms with Gasteiger partial charge in [-0.25, -0.2) is 13.2 Å². The molecular formula is C13H8ClF3N2O2. The maximum absolute atomic E-state index is 13.4. The highest BCUT2D eigenvalue weighted by atomic mass is 35.5. The molecule has 0 aliphatic rings. The van der Waals surface area contributed by atoms with E-state index in [4.69, 9.17) is 11.6 Å². The number of anilines is 1. The summed E-state index contributed by atoms with van der Waals surface area (Å²) in [5.41, 5.74) is -0.125. The molecular weight excluding hydrogens is 309 g/mol. The van der Waals surface area contributed by atoms with Crippen LogP contribution in [0.15, 0.2) is 30.3 Å². The van der Waals surface area contributed by atoms with Gasteiger partial charge in [0.15, 0.2) is 11.6 Å². The van der Waals surface area contributed by atoms with Crippen LogP contribution in [0.3, 0.4) is 0 Å². The van der Waals surface area contributed by atoms with Crippen molar-refractivity contribution in [1.82, 2.24) is 0 Å². The lowest BCUT2D eigenvalue weighted by atomic mass is 10.2. The van der Waals surface area contributed by atoms with Crippen molar-refractivity contribution in [2.24, 2.45) is 0 Å². The van der Waals surface area contributed by atoms with Crippen molar-refractivity contribution in [3.63, 3.8) is 0 Å². The molecule has 0 atom stereocenters. The summed E-state index contributed by atoms with van der Waals surface area (Å²) in [5.74, 6) is -3.45. The van der Waals surface area contributed by atoms with E-state index in [1.54, 1.807) is 0 Å². The Morgan fingerprint density at radius 2 is 1.90 bits per heavy atom. The Hall–Kier alpha value is -2.28. The fraction of sp³-hybridized carbons (Fsp3) is 0.0769. The van der Waals surface area contributed by atoms with Gasteiger partial charge in [-0.2, -0.15) is 0 Å². The number of nitro benzene ring substituents is 1. The monoisotopic (exact) mass is 316 g/mol. The summed E-state index contributed by atoms with van der Waals surface area (Å²) >= 11 is 5.86. The molecule has 0 fully saturated rings. The van der Waals surface area contributed by atoms with Crippen LogP contribution >= 0.6 is 11.6 Å². The number of nitrogens with zero attached hydrogens (tertiary/aromatic N) is 1. The molecule has 0 unspecified atom stereocenters. The minimum atomic E-state index is -1.31. The van der Waals surface area contributed by atoms with Gasteiger partial charge in [0.2, 0.25) is 0 Å². The summed E-state index contributed by atoms with van der Waals surface area (Å²) in [5, 5.41) is 13.1. The van der Waals surface area contributed by atoms with Crippen LogP contribution in [-0.4, -0.2) is 4.92 Å². The SMILES string of the molecule is O=[N+]([O-])c1ccc(CNc2cc(F)cc(F)c2F)c(Cl)c1. The highest BCUT2D eigenvalue weighted by Crippen LogP contribution is 2.25. The third kappa shape index (κ3) is 3.43. The smallest absolute Gasteiger partial charge is 0.270 e. The number of hydrogen-bond donors (Lipinski definition) is 1. The second-order valence-electron chi connectivity index (χ2n) is 4.14. The summed E-state index contributed by atoms with van der Waals surface area (Å²) < 4.78 is 39.5. The standard InChI is InChI=1S/C13H8ClF3N2O2/c14-10-5-9(19(20)21)2-1-7(10)6-18-12-4-8(15)3-11(16)13(12)17/h1-5,18H,6H2. The van der Waals surface area contributed by atoms with Gasteiger partial charge in [-0.05, 0) is 11.6 Å². The number of benzene rings is 2. The third-order valence-electron chi connectivity index (χ3n) is 2.71. The van der Waals surface area contributed by atoms with Gasteiger partial charge in [-0.3, -0.25) is 10.1 Å². The Kier molecular flexibility index (Phi) is 4.32. The van der Waals surface area contributed by atoms with Gasteiger partial charge >= 0.3 is 0 Å². The second-order valence-corrected chi connectivity index (χ2v) is 4.54. The first-order chi connectivity index (χ1) is 9.88. The van der Waals surface area contributed by atoms with Gasteiger partial charge in [0, 0.05) is 30.8 Å². The zero-order valence-corrected chi connectivity index (χ0v) is 11.1. The molecule has 110 valence electrons. The van der Waals surface area contributed by atoms with Crippen LogP contribution in [-0.2, 0) is 6.54 Å². The average molecular weight is 317 g/mol. The van der Waals surface area contributed by atoms with E-state index in [1.165, 1.54) is 12.1 Å². The first kappa shape index (κ1) is 15.1. The van der Waals surface area contributed by atoms with Crippen molar-refractivity contribution in [3.05, 3.63) is 68.5 Å². The molecule has 0 amide bonds.